The molecule has 0 saturated carbocycles. The van der Waals surface area contributed by atoms with Crippen LogP contribution in [-0.4, -0.2) is 45.4 Å². The first kappa shape index (κ1) is 18.2. The summed E-state index contributed by atoms with van der Waals surface area (Å²) in [7, 11) is 0. The zero-order valence-corrected chi connectivity index (χ0v) is 13.0. The Balaban J connectivity index is 2.31. The van der Waals surface area contributed by atoms with Crippen molar-refractivity contribution in [2.24, 2.45) is 4.99 Å². The van der Waals surface area contributed by atoms with E-state index in [0.717, 1.165) is 18.7 Å². The van der Waals surface area contributed by atoms with Gasteiger partial charge in [-0.1, -0.05) is 0 Å². The summed E-state index contributed by atoms with van der Waals surface area (Å²) >= 11 is 0. The summed E-state index contributed by atoms with van der Waals surface area (Å²) in [6.45, 7) is 7.23. The number of nitrogens with one attached hydrogen (secondary N) is 2. The number of nitrogens with zero attached hydrogens (tertiary/aromatic N) is 1. The van der Waals surface area contributed by atoms with Gasteiger partial charge in [0, 0.05) is 19.2 Å². The highest BCUT2D eigenvalue weighted by molar-refractivity contribution is 5.79. The van der Waals surface area contributed by atoms with E-state index in [2.05, 4.69) is 15.6 Å². The zero-order valence-electron chi connectivity index (χ0n) is 13.0. The molecule has 0 heterocycles. The summed E-state index contributed by atoms with van der Waals surface area (Å²) in [6.07, 6.45) is 0. The summed E-state index contributed by atoms with van der Waals surface area (Å²) in [5.74, 6) is -0.854. The average molecular weight is 315 g/mol. The fourth-order valence-corrected chi connectivity index (χ4v) is 1.61. The van der Waals surface area contributed by atoms with E-state index in [9.17, 15) is 8.78 Å². The van der Waals surface area contributed by atoms with Crippen molar-refractivity contribution >= 4 is 5.96 Å². The van der Waals surface area contributed by atoms with E-state index in [4.69, 9.17) is 9.47 Å². The molecule has 0 atom stereocenters. The van der Waals surface area contributed by atoms with E-state index in [1.807, 2.05) is 13.8 Å². The summed E-state index contributed by atoms with van der Waals surface area (Å²) in [5.41, 5.74) is 0. The van der Waals surface area contributed by atoms with Crippen LogP contribution in [0.2, 0.25) is 0 Å². The number of halogens is 2. The summed E-state index contributed by atoms with van der Waals surface area (Å²) < 4.78 is 36.3. The molecule has 0 saturated heterocycles. The van der Waals surface area contributed by atoms with Crippen molar-refractivity contribution in [3.63, 3.8) is 0 Å². The van der Waals surface area contributed by atoms with Gasteiger partial charge in [-0.2, -0.15) is 0 Å². The van der Waals surface area contributed by atoms with Gasteiger partial charge < -0.3 is 20.1 Å². The van der Waals surface area contributed by atoms with E-state index in [1.165, 1.54) is 6.07 Å². The molecule has 0 spiro atoms. The Hall–Kier alpha value is -1.89. The molecule has 0 aliphatic carbocycles. The molecule has 124 valence electrons. The lowest BCUT2D eigenvalue weighted by atomic mass is 10.3. The number of hydrogen-bond acceptors (Lipinski definition) is 3. The number of guanidine groups is 1. The lowest BCUT2D eigenvalue weighted by molar-refractivity contribution is 0.155. The monoisotopic (exact) mass is 315 g/mol. The third kappa shape index (κ3) is 7.21. The largest absolute Gasteiger partial charge is 0.492 e. The van der Waals surface area contributed by atoms with Crippen LogP contribution in [0.1, 0.15) is 13.8 Å². The lowest BCUT2D eigenvalue weighted by Gasteiger charge is -2.12. The Labute approximate surface area is 129 Å². The number of ether oxygens (including phenoxy) is 2. The van der Waals surface area contributed by atoms with Crippen LogP contribution in [0.3, 0.4) is 0 Å². The predicted molar refractivity (Wildman–Crippen MR) is 82.3 cm³/mol. The second-order valence-corrected chi connectivity index (χ2v) is 4.31. The minimum absolute atomic E-state index is 0.291. The van der Waals surface area contributed by atoms with Gasteiger partial charge in [-0.15, -0.1) is 0 Å². The third-order valence-corrected chi connectivity index (χ3v) is 2.61. The molecule has 2 N–H and O–H groups in total. The standard InChI is InChI=1S/C15H23F2N3O2/c1-3-18-15(19-7-9-21-4-2)20-8-10-22-12-5-6-13(16)14(17)11-12/h5-6,11H,3-4,7-10H2,1-2H3,(H2,18,19,20). The summed E-state index contributed by atoms with van der Waals surface area (Å²) in [6, 6.07) is 3.45. The Bertz CT molecular complexity index is 470. The van der Waals surface area contributed by atoms with Gasteiger partial charge >= 0.3 is 0 Å². The van der Waals surface area contributed by atoms with Crippen LogP contribution in [0.25, 0.3) is 0 Å². The Morgan fingerprint density at radius 3 is 2.64 bits per heavy atom. The van der Waals surface area contributed by atoms with Crippen LogP contribution in [0, 0.1) is 11.6 Å². The van der Waals surface area contributed by atoms with Gasteiger partial charge in [0.25, 0.3) is 0 Å². The van der Waals surface area contributed by atoms with Crippen LogP contribution in [0.4, 0.5) is 8.78 Å². The molecule has 1 aromatic rings. The van der Waals surface area contributed by atoms with Crippen molar-refractivity contribution in [1.29, 1.82) is 0 Å². The molecule has 0 aliphatic rings. The van der Waals surface area contributed by atoms with Gasteiger partial charge in [-0.3, -0.25) is 4.99 Å². The molecule has 7 heteroatoms. The van der Waals surface area contributed by atoms with Crippen LogP contribution in [-0.2, 0) is 4.74 Å². The molecule has 0 aliphatic heterocycles. The van der Waals surface area contributed by atoms with Gasteiger partial charge in [0.15, 0.2) is 17.6 Å². The molecular formula is C15H23F2N3O2. The van der Waals surface area contributed by atoms with E-state index in [0.29, 0.717) is 44.6 Å². The van der Waals surface area contributed by atoms with Gasteiger partial charge in [0.05, 0.1) is 19.7 Å². The molecule has 1 aromatic carbocycles. The Morgan fingerprint density at radius 1 is 1.14 bits per heavy atom. The molecule has 22 heavy (non-hydrogen) atoms. The Kier molecular flexibility index (Phi) is 8.90. The maximum absolute atomic E-state index is 13.0. The smallest absolute Gasteiger partial charge is 0.191 e. The highest BCUT2D eigenvalue weighted by Crippen LogP contribution is 2.14. The lowest BCUT2D eigenvalue weighted by Crippen LogP contribution is -2.39. The second kappa shape index (κ2) is 10.8. The third-order valence-electron chi connectivity index (χ3n) is 2.61. The first-order chi connectivity index (χ1) is 10.7. The number of aliphatic imine (C=N–C) groups is 1. The molecule has 0 fully saturated rings. The van der Waals surface area contributed by atoms with Crippen molar-refractivity contribution < 1.29 is 18.3 Å². The van der Waals surface area contributed by atoms with E-state index in [-0.39, 0.29) is 0 Å². The summed E-state index contributed by atoms with van der Waals surface area (Å²) in [5, 5.41) is 6.18. The van der Waals surface area contributed by atoms with Crippen molar-refractivity contribution in [3.8, 4) is 5.75 Å². The van der Waals surface area contributed by atoms with Crippen LogP contribution < -0.4 is 15.4 Å². The minimum atomic E-state index is -0.920. The van der Waals surface area contributed by atoms with Crippen molar-refractivity contribution in [2.75, 3.05) is 39.5 Å². The predicted octanol–water partition coefficient (Wildman–Crippen LogP) is 1.94. The zero-order chi connectivity index (χ0) is 16.2. The number of rotatable bonds is 9. The van der Waals surface area contributed by atoms with Crippen LogP contribution in [0.5, 0.6) is 5.75 Å². The van der Waals surface area contributed by atoms with Crippen LogP contribution >= 0.6 is 0 Å². The highest BCUT2D eigenvalue weighted by Gasteiger charge is 2.03. The molecule has 0 amide bonds. The fourth-order valence-electron chi connectivity index (χ4n) is 1.61. The summed E-state index contributed by atoms with van der Waals surface area (Å²) in [4.78, 5) is 4.33. The molecule has 0 bridgehead atoms. The molecule has 0 unspecified atom stereocenters. The topological polar surface area (TPSA) is 54.9 Å². The van der Waals surface area contributed by atoms with E-state index in [1.54, 1.807) is 0 Å². The van der Waals surface area contributed by atoms with Gasteiger partial charge in [0.1, 0.15) is 12.4 Å². The van der Waals surface area contributed by atoms with E-state index >= 15 is 0 Å². The minimum Gasteiger partial charge on any atom is -0.492 e. The average Bonchev–Trinajstić information content (AvgIpc) is 2.51. The first-order valence-electron chi connectivity index (χ1n) is 7.35. The van der Waals surface area contributed by atoms with Gasteiger partial charge in [-0.05, 0) is 26.0 Å². The van der Waals surface area contributed by atoms with Crippen LogP contribution in [0.15, 0.2) is 23.2 Å². The van der Waals surface area contributed by atoms with Gasteiger partial charge in [0.2, 0.25) is 0 Å². The Morgan fingerprint density at radius 2 is 1.95 bits per heavy atom. The fraction of sp³-hybridized carbons (Fsp3) is 0.533. The molecule has 1 rings (SSSR count). The normalized spacial score (nSPS) is 11.4. The maximum Gasteiger partial charge on any atom is 0.191 e. The first-order valence-corrected chi connectivity index (χ1v) is 7.35. The maximum atomic E-state index is 13.0. The van der Waals surface area contributed by atoms with E-state index < -0.39 is 11.6 Å². The quantitative estimate of drug-likeness (QED) is 0.415. The molecule has 0 radical (unpaired) electrons. The van der Waals surface area contributed by atoms with Gasteiger partial charge in [-0.25, -0.2) is 8.78 Å². The number of hydrogen-bond donors (Lipinski definition) is 2. The SMILES string of the molecule is CCNC(=NCCOCC)NCCOc1ccc(F)c(F)c1. The van der Waals surface area contributed by atoms with Crippen molar-refractivity contribution in [1.82, 2.24) is 10.6 Å². The molecule has 0 aromatic heterocycles. The second-order valence-electron chi connectivity index (χ2n) is 4.31. The number of benzene rings is 1. The molecule has 5 nitrogen and oxygen atoms in total. The van der Waals surface area contributed by atoms with Crippen molar-refractivity contribution in [3.05, 3.63) is 29.8 Å². The highest BCUT2D eigenvalue weighted by atomic mass is 19.2. The van der Waals surface area contributed by atoms with Crippen molar-refractivity contribution in [2.45, 2.75) is 13.8 Å². The molecular weight excluding hydrogens is 292 g/mol.